The van der Waals surface area contributed by atoms with Crippen LogP contribution >= 0.6 is 0 Å². The van der Waals surface area contributed by atoms with Crippen LogP contribution in [-0.2, 0) is 19.2 Å². The Labute approximate surface area is 112 Å². The largest absolute Gasteiger partial charge is 0.465 e. The molecule has 1 aliphatic heterocycles. The number of esters is 1. The minimum Gasteiger partial charge on any atom is -0.465 e. The normalized spacial score (nSPS) is 24.3. The number of amides is 1. The van der Waals surface area contributed by atoms with Gasteiger partial charge in [-0.15, -0.1) is 0 Å². The Kier molecular flexibility index (Phi) is 3.97. The van der Waals surface area contributed by atoms with Crippen LogP contribution in [0.25, 0.3) is 0 Å². The number of methoxy groups -OCH3 is 1. The summed E-state index contributed by atoms with van der Waals surface area (Å²) >= 11 is 0. The van der Waals surface area contributed by atoms with Crippen LogP contribution in [0.1, 0.15) is 39.0 Å². The minimum absolute atomic E-state index is 0.0161. The van der Waals surface area contributed by atoms with E-state index in [4.69, 9.17) is 15.3 Å². The summed E-state index contributed by atoms with van der Waals surface area (Å²) in [6.45, 7) is 1.41. The molecule has 2 N–H and O–H groups in total. The molecule has 19 heavy (non-hydrogen) atoms. The number of hydroxylamine groups is 2. The summed E-state index contributed by atoms with van der Waals surface area (Å²) < 4.78 is 4.76. The average Bonchev–Trinajstić information content (AvgIpc) is 2.76. The van der Waals surface area contributed by atoms with Crippen molar-refractivity contribution in [2.45, 2.75) is 45.1 Å². The summed E-state index contributed by atoms with van der Waals surface area (Å²) in [5.74, 6) is -0.584. The highest BCUT2D eigenvalue weighted by molar-refractivity contribution is 5.92. The highest BCUT2D eigenvalue weighted by Crippen LogP contribution is 2.37. The van der Waals surface area contributed by atoms with Gasteiger partial charge in [-0.25, -0.2) is 4.79 Å². The van der Waals surface area contributed by atoms with Crippen LogP contribution in [0, 0.1) is 5.92 Å². The molecule has 0 aromatic heterocycles. The molecule has 0 aromatic carbocycles. The van der Waals surface area contributed by atoms with Crippen molar-refractivity contribution in [2.24, 2.45) is 11.7 Å². The minimum atomic E-state index is -0.517. The van der Waals surface area contributed by atoms with E-state index in [1.54, 1.807) is 0 Å². The van der Waals surface area contributed by atoms with Crippen molar-refractivity contribution >= 4 is 11.9 Å². The molecule has 2 rings (SSSR count). The van der Waals surface area contributed by atoms with Gasteiger partial charge in [-0.2, -0.15) is 5.06 Å². The van der Waals surface area contributed by atoms with Gasteiger partial charge in [0.25, 0.3) is 5.91 Å². The number of rotatable bonds is 2. The molecule has 6 heteroatoms. The average molecular weight is 268 g/mol. The SMILES string of the molecule is COC(=O)C1=C(N)ON(C(C)=O)C1C1CCCCC1. The maximum absolute atomic E-state index is 11.9. The van der Waals surface area contributed by atoms with Gasteiger partial charge in [0.05, 0.1) is 7.11 Å². The molecule has 0 aromatic rings. The second-order valence-electron chi connectivity index (χ2n) is 5.05. The quantitative estimate of drug-likeness (QED) is 0.758. The fourth-order valence-electron chi connectivity index (χ4n) is 2.94. The summed E-state index contributed by atoms with van der Waals surface area (Å²) in [6, 6.07) is -0.412. The van der Waals surface area contributed by atoms with Crippen molar-refractivity contribution in [3.8, 4) is 0 Å². The van der Waals surface area contributed by atoms with Gasteiger partial charge in [0.1, 0.15) is 11.6 Å². The van der Waals surface area contributed by atoms with Gasteiger partial charge in [-0.05, 0) is 18.8 Å². The lowest BCUT2D eigenvalue weighted by atomic mass is 9.81. The van der Waals surface area contributed by atoms with Gasteiger partial charge in [-0.3, -0.25) is 4.79 Å². The molecule has 0 bridgehead atoms. The summed E-state index contributed by atoms with van der Waals surface area (Å²) in [6.07, 6.45) is 5.32. The molecular weight excluding hydrogens is 248 g/mol. The first kappa shape index (κ1) is 13.7. The Morgan fingerprint density at radius 1 is 1.32 bits per heavy atom. The Bertz CT molecular complexity index is 413. The van der Waals surface area contributed by atoms with Crippen LogP contribution in [0.3, 0.4) is 0 Å². The van der Waals surface area contributed by atoms with E-state index in [1.165, 1.54) is 25.5 Å². The Morgan fingerprint density at radius 2 is 1.95 bits per heavy atom. The van der Waals surface area contributed by atoms with Crippen molar-refractivity contribution < 1.29 is 19.2 Å². The number of carbonyl (C=O) groups is 2. The molecule has 6 nitrogen and oxygen atoms in total. The Hall–Kier alpha value is -1.72. The Balaban J connectivity index is 2.30. The summed E-state index contributed by atoms with van der Waals surface area (Å²) in [4.78, 5) is 28.8. The van der Waals surface area contributed by atoms with Gasteiger partial charge in [0, 0.05) is 6.92 Å². The fraction of sp³-hybridized carbons (Fsp3) is 0.692. The molecule has 2 aliphatic rings. The van der Waals surface area contributed by atoms with Crippen molar-refractivity contribution in [3.05, 3.63) is 11.5 Å². The molecule has 1 saturated carbocycles. The van der Waals surface area contributed by atoms with Gasteiger partial charge in [0.2, 0.25) is 5.88 Å². The highest BCUT2D eigenvalue weighted by atomic mass is 16.7. The maximum atomic E-state index is 11.9. The van der Waals surface area contributed by atoms with Crippen LogP contribution in [0.4, 0.5) is 0 Å². The third-order valence-electron chi connectivity index (χ3n) is 3.82. The van der Waals surface area contributed by atoms with E-state index in [0.29, 0.717) is 0 Å². The second-order valence-corrected chi connectivity index (χ2v) is 5.05. The van der Waals surface area contributed by atoms with Gasteiger partial charge >= 0.3 is 5.97 Å². The molecule has 1 atom stereocenters. The summed E-state index contributed by atoms with van der Waals surface area (Å²) in [5.41, 5.74) is 6.03. The number of hydrogen-bond acceptors (Lipinski definition) is 5. The van der Waals surface area contributed by atoms with Crippen LogP contribution < -0.4 is 5.73 Å². The molecule has 1 aliphatic carbocycles. The van der Waals surface area contributed by atoms with E-state index in [9.17, 15) is 9.59 Å². The lowest BCUT2D eigenvalue weighted by Gasteiger charge is -2.32. The summed E-state index contributed by atoms with van der Waals surface area (Å²) in [7, 11) is 1.30. The highest BCUT2D eigenvalue weighted by Gasteiger charge is 2.45. The molecule has 0 spiro atoms. The van der Waals surface area contributed by atoms with E-state index >= 15 is 0 Å². The third kappa shape index (κ3) is 2.52. The number of carbonyl (C=O) groups excluding carboxylic acids is 2. The molecular formula is C13H20N2O4. The standard InChI is InChI=1S/C13H20N2O4/c1-8(16)15-11(9-6-4-3-5-7-9)10(12(14)19-15)13(17)18-2/h9,11H,3-7,14H2,1-2H3. The smallest absolute Gasteiger partial charge is 0.341 e. The monoisotopic (exact) mass is 268 g/mol. The fourth-order valence-corrected chi connectivity index (χ4v) is 2.94. The van der Waals surface area contributed by atoms with E-state index in [1.807, 2.05) is 0 Å². The first-order chi connectivity index (χ1) is 9.06. The van der Waals surface area contributed by atoms with E-state index in [-0.39, 0.29) is 23.3 Å². The number of hydrogen-bond donors (Lipinski definition) is 1. The molecule has 1 amide bonds. The lowest BCUT2D eigenvalue weighted by molar-refractivity contribution is -0.174. The van der Waals surface area contributed by atoms with Crippen molar-refractivity contribution in [1.29, 1.82) is 0 Å². The third-order valence-corrected chi connectivity index (χ3v) is 3.82. The van der Waals surface area contributed by atoms with Crippen LogP contribution in [-0.4, -0.2) is 30.1 Å². The molecule has 0 radical (unpaired) electrons. The number of nitrogens with two attached hydrogens (primary N) is 1. The first-order valence-corrected chi connectivity index (χ1v) is 6.62. The van der Waals surface area contributed by atoms with E-state index in [2.05, 4.69) is 0 Å². The maximum Gasteiger partial charge on any atom is 0.341 e. The topological polar surface area (TPSA) is 81.9 Å². The van der Waals surface area contributed by atoms with Gasteiger partial charge in [-0.1, -0.05) is 19.3 Å². The first-order valence-electron chi connectivity index (χ1n) is 6.62. The number of nitrogens with zero attached hydrogens (tertiary/aromatic N) is 1. The van der Waals surface area contributed by atoms with E-state index < -0.39 is 12.0 Å². The lowest BCUT2D eigenvalue weighted by Crippen LogP contribution is -2.42. The molecule has 0 saturated heterocycles. The zero-order valence-corrected chi connectivity index (χ0v) is 11.3. The predicted octanol–water partition coefficient (Wildman–Crippen LogP) is 1.07. The summed E-state index contributed by atoms with van der Waals surface area (Å²) in [5, 5.41) is 1.22. The van der Waals surface area contributed by atoms with Gasteiger partial charge in [0.15, 0.2) is 0 Å². The second kappa shape index (κ2) is 5.50. The molecule has 1 fully saturated rings. The van der Waals surface area contributed by atoms with Crippen molar-refractivity contribution in [1.82, 2.24) is 5.06 Å². The van der Waals surface area contributed by atoms with Crippen molar-refractivity contribution in [3.63, 3.8) is 0 Å². The molecule has 1 unspecified atom stereocenters. The van der Waals surface area contributed by atoms with Crippen LogP contribution in [0.5, 0.6) is 0 Å². The Morgan fingerprint density at radius 3 is 2.47 bits per heavy atom. The van der Waals surface area contributed by atoms with E-state index in [0.717, 1.165) is 25.7 Å². The van der Waals surface area contributed by atoms with Crippen molar-refractivity contribution in [2.75, 3.05) is 7.11 Å². The molecule has 1 heterocycles. The zero-order chi connectivity index (χ0) is 14.0. The van der Waals surface area contributed by atoms with Gasteiger partial charge < -0.3 is 15.3 Å². The van der Waals surface area contributed by atoms with Crippen LogP contribution in [0.2, 0.25) is 0 Å². The zero-order valence-electron chi connectivity index (χ0n) is 11.3. The molecule has 106 valence electrons. The van der Waals surface area contributed by atoms with Crippen LogP contribution in [0.15, 0.2) is 11.5 Å². The number of ether oxygens (including phenoxy) is 1. The predicted molar refractivity (Wildman–Crippen MR) is 67.2 cm³/mol.